The Hall–Kier alpha value is -0.120. The van der Waals surface area contributed by atoms with E-state index in [4.69, 9.17) is 9.47 Å². The summed E-state index contributed by atoms with van der Waals surface area (Å²) in [4.78, 5) is 0. The molecule has 18 heavy (non-hydrogen) atoms. The third-order valence-electron chi connectivity index (χ3n) is 3.40. The molecule has 0 aromatic rings. The van der Waals surface area contributed by atoms with Gasteiger partial charge < -0.3 is 14.8 Å². The van der Waals surface area contributed by atoms with E-state index in [2.05, 4.69) is 39.9 Å². The van der Waals surface area contributed by atoms with Crippen molar-refractivity contribution in [3.8, 4) is 0 Å². The largest absolute Gasteiger partial charge is 0.376 e. The molecule has 0 unspecified atom stereocenters. The molecule has 1 saturated carbocycles. The maximum absolute atomic E-state index is 6.15. The van der Waals surface area contributed by atoms with Gasteiger partial charge in [0, 0.05) is 12.1 Å². The third-order valence-corrected chi connectivity index (χ3v) is 3.40. The minimum Gasteiger partial charge on any atom is -0.376 e. The first kappa shape index (κ1) is 15.9. The van der Waals surface area contributed by atoms with Crippen molar-refractivity contribution in [3.05, 3.63) is 0 Å². The van der Waals surface area contributed by atoms with E-state index in [0.29, 0.717) is 19.3 Å². The second kappa shape index (κ2) is 6.88. The monoisotopic (exact) mass is 257 g/mol. The molecular formula is C15H31NO2. The summed E-state index contributed by atoms with van der Waals surface area (Å²) in [7, 11) is 0. The number of hydrogen-bond donors (Lipinski definition) is 1. The van der Waals surface area contributed by atoms with Gasteiger partial charge in [0.1, 0.15) is 0 Å². The van der Waals surface area contributed by atoms with Crippen LogP contribution in [-0.2, 0) is 9.47 Å². The van der Waals surface area contributed by atoms with Gasteiger partial charge in [0.05, 0.1) is 24.9 Å². The van der Waals surface area contributed by atoms with Crippen molar-refractivity contribution in [2.75, 3.05) is 19.8 Å². The normalized spacial score (nSPS) is 19.7. The van der Waals surface area contributed by atoms with Crippen LogP contribution in [0.1, 0.15) is 60.3 Å². The average Bonchev–Trinajstić information content (AvgIpc) is 2.70. The maximum Gasteiger partial charge on any atom is 0.0807 e. The van der Waals surface area contributed by atoms with Gasteiger partial charge in [-0.25, -0.2) is 0 Å². The van der Waals surface area contributed by atoms with E-state index in [9.17, 15) is 0 Å². The zero-order chi connectivity index (χ0) is 13.6. The Bertz CT molecular complexity index is 227. The van der Waals surface area contributed by atoms with Crippen LogP contribution in [0.3, 0.4) is 0 Å². The highest BCUT2D eigenvalue weighted by molar-refractivity contribution is 4.90. The number of ether oxygens (including phenoxy) is 2. The molecule has 1 N–H and O–H groups in total. The Morgan fingerprint density at radius 1 is 1.11 bits per heavy atom. The molecule has 3 nitrogen and oxygen atoms in total. The Kier molecular flexibility index (Phi) is 6.09. The van der Waals surface area contributed by atoms with Crippen LogP contribution in [0.25, 0.3) is 0 Å². The van der Waals surface area contributed by atoms with Crippen LogP contribution < -0.4 is 5.32 Å². The highest BCUT2D eigenvalue weighted by Gasteiger charge is 2.35. The van der Waals surface area contributed by atoms with Crippen LogP contribution in [0.2, 0.25) is 0 Å². The zero-order valence-corrected chi connectivity index (χ0v) is 12.8. The third kappa shape index (κ3) is 6.17. The zero-order valence-electron chi connectivity index (χ0n) is 12.8. The second-order valence-corrected chi connectivity index (χ2v) is 6.76. The van der Waals surface area contributed by atoms with Gasteiger partial charge in [0.15, 0.2) is 0 Å². The quantitative estimate of drug-likeness (QED) is 0.711. The van der Waals surface area contributed by atoms with Crippen molar-refractivity contribution in [2.24, 2.45) is 0 Å². The standard InChI is InChI=1S/C15H31NO2/c1-13(2)17-10-11-18-15(8-6-7-9-15)12-16-14(3,4)5/h13,16H,6-12H2,1-5H3. The Balaban J connectivity index is 2.33. The minimum atomic E-state index is 0.0492. The van der Waals surface area contributed by atoms with E-state index in [-0.39, 0.29) is 11.1 Å². The van der Waals surface area contributed by atoms with Crippen molar-refractivity contribution in [1.29, 1.82) is 0 Å². The fourth-order valence-electron chi connectivity index (χ4n) is 2.36. The Morgan fingerprint density at radius 2 is 1.72 bits per heavy atom. The van der Waals surface area contributed by atoms with Gasteiger partial charge in [-0.2, -0.15) is 0 Å². The molecular weight excluding hydrogens is 226 g/mol. The molecule has 108 valence electrons. The van der Waals surface area contributed by atoms with E-state index in [1.807, 2.05) is 0 Å². The smallest absolute Gasteiger partial charge is 0.0807 e. The van der Waals surface area contributed by atoms with E-state index in [1.54, 1.807) is 0 Å². The van der Waals surface area contributed by atoms with Gasteiger partial charge in [0.2, 0.25) is 0 Å². The molecule has 0 spiro atoms. The molecule has 0 radical (unpaired) electrons. The summed E-state index contributed by atoms with van der Waals surface area (Å²) in [5, 5.41) is 3.59. The van der Waals surface area contributed by atoms with Crippen molar-refractivity contribution in [2.45, 2.75) is 77.5 Å². The molecule has 1 rings (SSSR count). The Labute approximate surface area is 113 Å². The molecule has 0 bridgehead atoms. The summed E-state index contributed by atoms with van der Waals surface area (Å²) in [5.41, 5.74) is 0.209. The number of nitrogens with one attached hydrogen (secondary N) is 1. The summed E-state index contributed by atoms with van der Waals surface area (Å²) < 4.78 is 11.7. The van der Waals surface area contributed by atoms with Crippen LogP contribution in [0.5, 0.6) is 0 Å². The minimum absolute atomic E-state index is 0.0492. The molecule has 0 aliphatic heterocycles. The fourth-order valence-corrected chi connectivity index (χ4v) is 2.36. The number of hydrogen-bond acceptors (Lipinski definition) is 3. The highest BCUT2D eigenvalue weighted by atomic mass is 16.5. The van der Waals surface area contributed by atoms with Gasteiger partial charge in [-0.05, 0) is 47.5 Å². The molecule has 1 aliphatic rings. The predicted octanol–water partition coefficient (Wildman–Crippen LogP) is 3.13. The van der Waals surface area contributed by atoms with Crippen LogP contribution >= 0.6 is 0 Å². The van der Waals surface area contributed by atoms with Crippen molar-refractivity contribution in [3.63, 3.8) is 0 Å². The highest BCUT2D eigenvalue weighted by Crippen LogP contribution is 2.33. The van der Waals surface area contributed by atoms with E-state index in [1.165, 1.54) is 25.7 Å². The van der Waals surface area contributed by atoms with E-state index in [0.717, 1.165) is 6.54 Å². The molecule has 0 aromatic heterocycles. The molecule has 0 saturated heterocycles. The summed E-state index contributed by atoms with van der Waals surface area (Å²) in [6.07, 6.45) is 5.23. The van der Waals surface area contributed by atoms with Gasteiger partial charge in [0.25, 0.3) is 0 Å². The Morgan fingerprint density at radius 3 is 2.22 bits per heavy atom. The van der Waals surface area contributed by atoms with Crippen LogP contribution in [-0.4, -0.2) is 37.0 Å². The molecule has 1 fully saturated rings. The van der Waals surface area contributed by atoms with Crippen molar-refractivity contribution >= 4 is 0 Å². The van der Waals surface area contributed by atoms with Gasteiger partial charge in [-0.15, -0.1) is 0 Å². The summed E-state index contributed by atoms with van der Waals surface area (Å²) >= 11 is 0. The molecule has 0 aromatic carbocycles. The molecule has 0 heterocycles. The first-order chi connectivity index (χ1) is 8.33. The lowest BCUT2D eigenvalue weighted by Crippen LogP contribution is -2.48. The van der Waals surface area contributed by atoms with Crippen molar-refractivity contribution < 1.29 is 9.47 Å². The summed E-state index contributed by atoms with van der Waals surface area (Å²) in [6.45, 7) is 13.1. The van der Waals surface area contributed by atoms with Crippen LogP contribution in [0.15, 0.2) is 0 Å². The second-order valence-electron chi connectivity index (χ2n) is 6.76. The fraction of sp³-hybridized carbons (Fsp3) is 1.00. The van der Waals surface area contributed by atoms with Gasteiger partial charge in [-0.1, -0.05) is 12.8 Å². The van der Waals surface area contributed by atoms with Crippen molar-refractivity contribution in [1.82, 2.24) is 5.32 Å². The summed E-state index contributed by atoms with van der Waals surface area (Å²) in [5.74, 6) is 0. The molecule has 3 heteroatoms. The lowest BCUT2D eigenvalue weighted by molar-refractivity contribution is -0.0721. The molecule has 0 amide bonds. The van der Waals surface area contributed by atoms with E-state index < -0.39 is 0 Å². The first-order valence-electron chi connectivity index (χ1n) is 7.34. The molecule has 1 aliphatic carbocycles. The van der Waals surface area contributed by atoms with Gasteiger partial charge >= 0.3 is 0 Å². The lowest BCUT2D eigenvalue weighted by Gasteiger charge is -2.33. The average molecular weight is 257 g/mol. The van der Waals surface area contributed by atoms with Crippen LogP contribution in [0.4, 0.5) is 0 Å². The maximum atomic E-state index is 6.15. The van der Waals surface area contributed by atoms with E-state index >= 15 is 0 Å². The predicted molar refractivity (Wildman–Crippen MR) is 76.0 cm³/mol. The summed E-state index contributed by atoms with van der Waals surface area (Å²) in [6, 6.07) is 0. The topological polar surface area (TPSA) is 30.5 Å². The van der Waals surface area contributed by atoms with Crippen LogP contribution in [0, 0.1) is 0 Å². The molecule has 0 atom stereocenters. The SMILES string of the molecule is CC(C)OCCOC1(CNC(C)(C)C)CCCC1. The number of rotatable bonds is 7. The first-order valence-corrected chi connectivity index (χ1v) is 7.34. The lowest BCUT2D eigenvalue weighted by atomic mass is 9.99. The van der Waals surface area contributed by atoms with Gasteiger partial charge in [-0.3, -0.25) is 0 Å².